The average molecular weight is 316 g/mol. The Morgan fingerprint density at radius 3 is 2.52 bits per heavy atom. The predicted molar refractivity (Wildman–Crippen MR) is 90.8 cm³/mol. The van der Waals surface area contributed by atoms with Gasteiger partial charge in [0.05, 0.1) is 19.8 Å². The molecule has 2 rings (SSSR count). The smallest absolute Gasteiger partial charge is 0.161 e. The van der Waals surface area contributed by atoms with Gasteiger partial charge in [-0.1, -0.05) is 30.3 Å². The Labute approximate surface area is 138 Å². The van der Waals surface area contributed by atoms with Gasteiger partial charge in [0.25, 0.3) is 0 Å². The molecule has 0 aliphatic heterocycles. The van der Waals surface area contributed by atoms with E-state index in [0.717, 1.165) is 30.0 Å². The van der Waals surface area contributed by atoms with Crippen LogP contribution in [0.15, 0.2) is 48.5 Å². The topological polar surface area (TPSA) is 55.3 Å². The van der Waals surface area contributed by atoms with E-state index >= 15 is 0 Å². The number of hydrogen-bond acceptors (Lipinski definition) is 3. The minimum absolute atomic E-state index is 0.294. The zero-order chi connectivity index (χ0) is 16.5. The monoisotopic (exact) mass is 316 g/mol. The first-order valence-electron chi connectivity index (χ1n) is 8.02. The van der Waals surface area contributed by atoms with E-state index in [1.165, 1.54) is 5.56 Å². The molecule has 3 N–H and O–H groups in total. The van der Waals surface area contributed by atoms with Crippen LogP contribution in [-0.4, -0.2) is 31.5 Å². The molecule has 124 valence electrons. The molecule has 0 bridgehead atoms. The van der Waals surface area contributed by atoms with Crippen LogP contribution in [0.5, 0.6) is 11.5 Å². The number of methoxy groups -OCH3 is 1. The van der Waals surface area contributed by atoms with Crippen molar-refractivity contribution in [2.24, 2.45) is 0 Å². The fourth-order valence-corrected chi connectivity index (χ4v) is 2.37. The summed E-state index contributed by atoms with van der Waals surface area (Å²) in [7, 11) is 1.66. The second-order valence-electron chi connectivity index (χ2n) is 5.65. The summed E-state index contributed by atoms with van der Waals surface area (Å²) in [5.74, 6) is 1.52. The molecule has 0 saturated carbocycles. The van der Waals surface area contributed by atoms with E-state index in [1.807, 2.05) is 36.4 Å². The van der Waals surface area contributed by atoms with Crippen molar-refractivity contribution in [3.63, 3.8) is 0 Å². The number of aliphatic hydroxyl groups excluding tert-OH is 1. The number of quaternary nitrogens is 1. The summed E-state index contributed by atoms with van der Waals surface area (Å²) in [4.78, 5) is 0. The number of rotatable bonds is 9. The van der Waals surface area contributed by atoms with Gasteiger partial charge >= 0.3 is 0 Å². The lowest BCUT2D eigenvalue weighted by Crippen LogP contribution is -2.84. The number of nitrogens with two attached hydrogens (primary N) is 1. The lowest BCUT2D eigenvalue weighted by molar-refractivity contribution is -0.676. The molecule has 2 aromatic carbocycles. The van der Waals surface area contributed by atoms with Gasteiger partial charge in [-0.3, -0.25) is 0 Å². The Kier molecular flexibility index (Phi) is 6.91. The first-order chi connectivity index (χ1) is 11.2. The van der Waals surface area contributed by atoms with Crippen LogP contribution in [0.3, 0.4) is 0 Å². The highest BCUT2D eigenvalue weighted by atomic mass is 16.5. The molecule has 0 heterocycles. The second-order valence-corrected chi connectivity index (χ2v) is 5.65. The lowest BCUT2D eigenvalue weighted by Gasteiger charge is -2.12. The van der Waals surface area contributed by atoms with Gasteiger partial charge < -0.3 is 19.9 Å². The van der Waals surface area contributed by atoms with Crippen LogP contribution in [0.4, 0.5) is 0 Å². The van der Waals surface area contributed by atoms with Crippen molar-refractivity contribution in [1.29, 1.82) is 0 Å². The third-order valence-corrected chi connectivity index (χ3v) is 3.61. The minimum Gasteiger partial charge on any atom is -0.493 e. The van der Waals surface area contributed by atoms with Crippen molar-refractivity contribution in [3.8, 4) is 11.5 Å². The Hall–Kier alpha value is -2.04. The maximum Gasteiger partial charge on any atom is 0.161 e. The zero-order valence-electron chi connectivity index (χ0n) is 13.9. The van der Waals surface area contributed by atoms with Gasteiger partial charge in [-0.15, -0.1) is 0 Å². The quantitative estimate of drug-likeness (QED) is 0.741. The number of hydrogen-bond donors (Lipinski definition) is 2. The maximum absolute atomic E-state index is 9.29. The molecule has 0 amide bonds. The molecule has 0 aromatic heterocycles. The summed E-state index contributed by atoms with van der Waals surface area (Å²) >= 11 is 0. The number of aliphatic hydroxyl groups is 1. The Balaban J connectivity index is 1.88. The van der Waals surface area contributed by atoms with Crippen LogP contribution in [0.25, 0.3) is 0 Å². The van der Waals surface area contributed by atoms with E-state index in [9.17, 15) is 5.11 Å². The van der Waals surface area contributed by atoms with Crippen molar-refractivity contribution >= 4 is 0 Å². The van der Waals surface area contributed by atoms with Gasteiger partial charge in [0.15, 0.2) is 11.5 Å². The predicted octanol–water partition coefficient (Wildman–Crippen LogP) is 1.76. The molecule has 0 saturated heterocycles. The fourth-order valence-electron chi connectivity index (χ4n) is 2.37. The zero-order valence-corrected chi connectivity index (χ0v) is 13.9. The molecule has 4 nitrogen and oxygen atoms in total. The highest BCUT2D eigenvalue weighted by Gasteiger charge is 2.07. The van der Waals surface area contributed by atoms with Crippen LogP contribution in [0, 0.1) is 0 Å². The molecule has 0 unspecified atom stereocenters. The highest BCUT2D eigenvalue weighted by molar-refractivity contribution is 5.42. The average Bonchev–Trinajstić information content (AvgIpc) is 2.56. The highest BCUT2D eigenvalue weighted by Crippen LogP contribution is 2.28. The van der Waals surface area contributed by atoms with E-state index < -0.39 is 0 Å². The third-order valence-electron chi connectivity index (χ3n) is 3.61. The van der Waals surface area contributed by atoms with Crippen molar-refractivity contribution in [2.75, 3.05) is 20.3 Å². The van der Waals surface area contributed by atoms with Gasteiger partial charge in [0.1, 0.15) is 13.1 Å². The van der Waals surface area contributed by atoms with E-state index in [4.69, 9.17) is 9.47 Å². The molecular formula is C19H26NO3+. The minimum atomic E-state index is -0.294. The number of benzene rings is 2. The van der Waals surface area contributed by atoms with Crippen molar-refractivity contribution < 1.29 is 19.9 Å². The van der Waals surface area contributed by atoms with Crippen LogP contribution >= 0.6 is 0 Å². The molecular weight excluding hydrogens is 290 g/mol. The standard InChI is InChI=1S/C19H25NO3/c1-15(21)13-20-14-17-8-9-18(19(12-17)22-2)23-11-10-16-6-4-3-5-7-16/h3-9,12,15,20-21H,10-11,13-14H2,1-2H3/p+1/t15-/m1/s1. The summed E-state index contributed by atoms with van der Waals surface area (Å²) in [6, 6.07) is 16.3. The summed E-state index contributed by atoms with van der Waals surface area (Å²) < 4.78 is 11.3. The normalized spacial score (nSPS) is 12.0. The van der Waals surface area contributed by atoms with Gasteiger partial charge in [0.2, 0.25) is 0 Å². The van der Waals surface area contributed by atoms with Crippen LogP contribution < -0.4 is 14.8 Å². The Bertz CT molecular complexity index is 584. The first kappa shape index (κ1) is 17.3. The van der Waals surface area contributed by atoms with E-state index in [-0.39, 0.29) is 6.10 Å². The first-order valence-corrected chi connectivity index (χ1v) is 8.02. The second kappa shape index (κ2) is 9.18. The molecule has 23 heavy (non-hydrogen) atoms. The van der Waals surface area contributed by atoms with Gasteiger partial charge in [-0.05, 0) is 30.7 Å². The van der Waals surface area contributed by atoms with E-state index in [2.05, 4.69) is 17.4 Å². The molecule has 2 aromatic rings. The van der Waals surface area contributed by atoms with Crippen molar-refractivity contribution in [2.45, 2.75) is 26.0 Å². The van der Waals surface area contributed by atoms with Crippen LogP contribution in [0.1, 0.15) is 18.1 Å². The van der Waals surface area contributed by atoms with E-state index in [0.29, 0.717) is 13.2 Å². The molecule has 1 atom stereocenters. The summed E-state index contributed by atoms with van der Waals surface area (Å²) in [6.45, 7) is 3.91. The van der Waals surface area contributed by atoms with Gasteiger partial charge in [0, 0.05) is 12.0 Å². The van der Waals surface area contributed by atoms with Crippen LogP contribution in [0.2, 0.25) is 0 Å². The maximum atomic E-state index is 9.29. The summed E-state index contributed by atoms with van der Waals surface area (Å²) in [5.41, 5.74) is 2.41. The van der Waals surface area contributed by atoms with Crippen molar-refractivity contribution in [3.05, 3.63) is 59.7 Å². The lowest BCUT2D eigenvalue weighted by atomic mass is 10.1. The molecule has 0 aliphatic carbocycles. The SMILES string of the molecule is COc1cc(C[NH2+]C[C@@H](C)O)ccc1OCCc1ccccc1. The Morgan fingerprint density at radius 1 is 1.04 bits per heavy atom. The molecule has 0 radical (unpaired) electrons. The summed E-state index contributed by atoms with van der Waals surface area (Å²) in [6.07, 6.45) is 0.575. The largest absolute Gasteiger partial charge is 0.493 e. The van der Waals surface area contributed by atoms with Gasteiger partial charge in [-0.25, -0.2) is 0 Å². The fraction of sp³-hybridized carbons (Fsp3) is 0.368. The Morgan fingerprint density at radius 2 is 1.83 bits per heavy atom. The molecule has 0 spiro atoms. The van der Waals surface area contributed by atoms with Gasteiger partial charge in [-0.2, -0.15) is 0 Å². The number of ether oxygens (including phenoxy) is 2. The molecule has 0 fully saturated rings. The van der Waals surface area contributed by atoms with E-state index in [1.54, 1.807) is 14.0 Å². The molecule has 0 aliphatic rings. The van der Waals surface area contributed by atoms with Crippen molar-refractivity contribution in [1.82, 2.24) is 0 Å². The molecule has 4 heteroatoms. The summed E-state index contributed by atoms with van der Waals surface area (Å²) in [5, 5.41) is 11.4. The van der Waals surface area contributed by atoms with Crippen LogP contribution in [-0.2, 0) is 13.0 Å². The third kappa shape index (κ3) is 5.93.